The monoisotopic (exact) mass is 505 g/mol. The molecule has 3 aromatic rings. The topological polar surface area (TPSA) is 98.2 Å². The maximum atomic E-state index is 13.6. The van der Waals surface area contributed by atoms with Crippen molar-refractivity contribution in [2.75, 3.05) is 51.8 Å². The molecule has 10 heteroatoms. The number of nitrogens with zero attached hydrogens (tertiary/aromatic N) is 4. The molecule has 1 aliphatic heterocycles. The summed E-state index contributed by atoms with van der Waals surface area (Å²) in [6.07, 6.45) is 0.986. The Morgan fingerprint density at radius 1 is 0.973 bits per heavy atom. The third kappa shape index (κ3) is 6.21. The summed E-state index contributed by atoms with van der Waals surface area (Å²) in [7, 11) is 3.25. The van der Waals surface area contributed by atoms with Crippen molar-refractivity contribution < 1.29 is 23.8 Å². The number of hydrogen-bond donors (Lipinski definition) is 1. The van der Waals surface area contributed by atoms with Crippen molar-refractivity contribution in [1.29, 1.82) is 0 Å². The number of para-hydroxylation sites is 1. The number of carbonyl (C=O) groups excluding carboxylic acids is 2. The zero-order valence-corrected chi connectivity index (χ0v) is 21.1. The van der Waals surface area contributed by atoms with Gasteiger partial charge in [-0.25, -0.2) is 9.48 Å². The number of benzene rings is 2. The van der Waals surface area contributed by atoms with Gasteiger partial charge in [0, 0.05) is 56.6 Å². The lowest BCUT2D eigenvalue weighted by atomic mass is 10.2. The normalized spacial score (nSPS) is 13.1. The van der Waals surface area contributed by atoms with Crippen LogP contribution < -0.4 is 19.7 Å². The molecule has 2 aromatic carbocycles. The molecule has 10 nitrogen and oxygen atoms in total. The van der Waals surface area contributed by atoms with E-state index in [4.69, 9.17) is 14.2 Å². The van der Waals surface area contributed by atoms with Crippen molar-refractivity contribution in [1.82, 2.24) is 20.0 Å². The number of anilines is 1. The number of ether oxygens (including phenoxy) is 3. The average Bonchev–Trinajstić information content (AvgIpc) is 3.39. The number of methoxy groups -OCH3 is 2. The minimum atomic E-state index is -0.577. The Labute approximate surface area is 216 Å². The van der Waals surface area contributed by atoms with E-state index in [1.807, 2.05) is 53.4 Å². The Kier molecular flexibility index (Phi) is 8.29. The first-order valence-electron chi connectivity index (χ1n) is 12.0. The molecule has 2 heterocycles. The largest absolute Gasteiger partial charge is 0.497 e. The molecule has 0 saturated carbocycles. The minimum Gasteiger partial charge on any atom is -0.497 e. The molecule has 0 unspecified atom stereocenters. The highest BCUT2D eigenvalue weighted by atomic mass is 16.5. The number of piperazine rings is 1. The summed E-state index contributed by atoms with van der Waals surface area (Å²) >= 11 is 0. The van der Waals surface area contributed by atoms with Crippen molar-refractivity contribution in [3.05, 3.63) is 78.6 Å². The lowest BCUT2D eigenvalue weighted by molar-refractivity contribution is 0.0737. The van der Waals surface area contributed by atoms with E-state index in [9.17, 15) is 9.59 Å². The van der Waals surface area contributed by atoms with Crippen LogP contribution in [0.1, 0.15) is 16.2 Å². The van der Waals surface area contributed by atoms with Gasteiger partial charge in [0.05, 0.1) is 19.9 Å². The lowest BCUT2D eigenvalue weighted by Gasteiger charge is -2.36. The number of carbonyl (C=O) groups is 2. The SMILES string of the molecule is C=CCNC(=O)OCc1cc(C(=O)N2CCN(c3cc(OC)cc(OC)c3)CC2)n(-c2ccccc2)n1. The third-order valence-corrected chi connectivity index (χ3v) is 5.99. The molecular formula is C27H31N5O5. The Morgan fingerprint density at radius 2 is 1.65 bits per heavy atom. The first kappa shape index (κ1) is 25.6. The molecule has 1 fully saturated rings. The Morgan fingerprint density at radius 3 is 2.27 bits per heavy atom. The maximum absolute atomic E-state index is 13.6. The number of alkyl carbamates (subject to hydrolysis) is 1. The van der Waals surface area contributed by atoms with Gasteiger partial charge in [-0.2, -0.15) is 5.10 Å². The molecule has 0 aliphatic carbocycles. The average molecular weight is 506 g/mol. The molecule has 1 saturated heterocycles. The second kappa shape index (κ2) is 12.0. The molecule has 1 aromatic heterocycles. The van der Waals surface area contributed by atoms with Crippen LogP contribution >= 0.6 is 0 Å². The molecule has 2 amide bonds. The summed E-state index contributed by atoms with van der Waals surface area (Å²) in [4.78, 5) is 29.5. The maximum Gasteiger partial charge on any atom is 0.407 e. The highest BCUT2D eigenvalue weighted by molar-refractivity contribution is 5.93. The van der Waals surface area contributed by atoms with E-state index in [0.29, 0.717) is 55.6 Å². The van der Waals surface area contributed by atoms with Crippen molar-refractivity contribution in [2.45, 2.75) is 6.61 Å². The first-order chi connectivity index (χ1) is 18.0. The standard InChI is InChI=1S/C27H31N5O5/c1-4-10-28-27(34)37-19-20-15-25(32(29-20)21-8-6-5-7-9-21)26(33)31-13-11-30(12-14-31)22-16-23(35-2)18-24(17-22)36-3/h4-9,15-18H,1,10-14,19H2,2-3H3,(H,28,34). The molecular weight excluding hydrogens is 474 g/mol. The fourth-order valence-corrected chi connectivity index (χ4v) is 4.07. The Balaban J connectivity index is 1.49. The molecule has 37 heavy (non-hydrogen) atoms. The van der Waals surface area contributed by atoms with Gasteiger partial charge in [0.1, 0.15) is 29.5 Å². The van der Waals surface area contributed by atoms with Crippen LogP contribution in [-0.4, -0.2) is 73.6 Å². The summed E-state index contributed by atoms with van der Waals surface area (Å²) in [5, 5.41) is 7.11. The van der Waals surface area contributed by atoms with Gasteiger partial charge in [0.2, 0.25) is 0 Å². The van der Waals surface area contributed by atoms with Gasteiger partial charge in [0.15, 0.2) is 0 Å². The van der Waals surface area contributed by atoms with Gasteiger partial charge in [-0.1, -0.05) is 24.3 Å². The van der Waals surface area contributed by atoms with E-state index in [-0.39, 0.29) is 12.5 Å². The third-order valence-electron chi connectivity index (χ3n) is 5.99. The smallest absolute Gasteiger partial charge is 0.407 e. The minimum absolute atomic E-state index is 0.0610. The quantitative estimate of drug-likeness (QED) is 0.446. The summed E-state index contributed by atoms with van der Waals surface area (Å²) in [5.74, 6) is 1.29. The van der Waals surface area contributed by atoms with Gasteiger partial charge in [0.25, 0.3) is 5.91 Å². The Bertz CT molecular complexity index is 1210. The molecule has 0 radical (unpaired) electrons. The highest BCUT2D eigenvalue weighted by Crippen LogP contribution is 2.29. The fourth-order valence-electron chi connectivity index (χ4n) is 4.07. The molecule has 0 bridgehead atoms. The predicted octanol–water partition coefficient (Wildman–Crippen LogP) is 3.26. The van der Waals surface area contributed by atoms with Gasteiger partial charge in [-0.3, -0.25) is 4.79 Å². The highest BCUT2D eigenvalue weighted by Gasteiger charge is 2.27. The second-order valence-corrected chi connectivity index (χ2v) is 8.36. The number of nitrogens with one attached hydrogen (secondary N) is 1. The van der Waals surface area contributed by atoms with Crippen LogP contribution in [0.15, 0.2) is 67.3 Å². The summed E-state index contributed by atoms with van der Waals surface area (Å²) in [5.41, 5.74) is 2.61. The van der Waals surface area contributed by atoms with E-state index in [2.05, 4.69) is 21.9 Å². The number of amides is 2. The fraction of sp³-hybridized carbons (Fsp3) is 0.296. The van der Waals surface area contributed by atoms with Crippen molar-refractivity contribution >= 4 is 17.7 Å². The number of rotatable bonds is 9. The van der Waals surface area contributed by atoms with E-state index >= 15 is 0 Å². The van der Waals surface area contributed by atoms with Crippen LogP contribution in [0.4, 0.5) is 10.5 Å². The second-order valence-electron chi connectivity index (χ2n) is 8.36. The molecule has 1 aliphatic rings. The van der Waals surface area contributed by atoms with Crippen molar-refractivity contribution in [3.63, 3.8) is 0 Å². The zero-order valence-electron chi connectivity index (χ0n) is 21.1. The zero-order chi connectivity index (χ0) is 26.2. The molecule has 194 valence electrons. The predicted molar refractivity (Wildman–Crippen MR) is 140 cm³/mol. The first-order valence-corrected chi connectivity index (χ1v) is 12.0. The van der Waals surface area contributed by atoms with E-state index < -0.39 is 6.09 Å². The van der Waals surface area contributed by atoms with Gasteiger partial charge < -0.3 is 29.3 Å². The van der Waals surface area contributed by atoms with Gasteiger partial charge >= 0.3 is 6.09 Å². The van der Waals surface area contributed by atoms with Crippen molar-refractivity contribution in [2.24, 2.45) is 0 Å². The Hall–Kier alpha value is -4.47. The van der Waals surface area contributed by atoms with Crippen LogP contribution in [0.25, 0.3) is 5.69 Å². The molecule has 1 N–H and O–H groups in total. The van der Waals surface area contributed by atoms with Gasteiger partial charge in [-0.15, -0.1) is 6.58 Å². The van der Waals surface area contributed by atoms with E-state index in [0.717, 1.165) is 11.4 Å². The molecule has 0 spiro atoms. The lowest BCUT2D eigenvalue weighted by Crippen LogP contribution is -2.49. The van der Waals surface area contributed by atoms with E-state index in [1.165, 1.54) is 0 Å². The summed E-state index contributed by atoms with van der Waals surface area (Å²) < 4.78 is 17.6. The molecule has 4 rings (SSSR count). The van der Waals surface area contributed by atoms with Crippen LogP contribution in [0.2, 0.25) is 0 Å². The summed E-state index contributed by atoms with van der Waals surface area (Å²) in [6, 6.07) is 16.8. The van der Waals surface area contributed by atoms with Gasteiger partial charge in [-0.05, 0) is 18.2 Å². The number of aromatic nitrogens is 2. The van der Waals surface area contributed by atoms with Crippen LogP contribution in [0.5, 0.6) is 11.5 Å². The van der Waals surface area contributed by atoms with E-state index in [1.54, 1.807) is 31.0 Å². The van der Waals surface area contributed by atoms with Crippen LogP contribution in [-0.2, 0) is 11.3 Å². The summed E-state index contributed by atoms with van der Waals surface area (Å²) in [6.45, 7) is 6.18. The van der Waals surface area contributed by atoms with Crippen molar-refractivity contribution in [3.8, 4) is 17.2 Å². The number of hydrogen-bond acceptors (Lipinski definition) is 7. The molecule has 0 atom stereocenters. The van der Waals surface area contributed by atoms with Crippen LogP contribution in [0.3, 0.4) is 0 Å². The van der Waals surface area contributed by atoms with Crippen LogP contribution in [0, 0.1) is 0 Å².